The molecule has 1 aliphatic rings. The molecule has 0 aliphatic heterocycles. The maximum absolute atomic E-state index is 9.54. The number of nitrogens with zero attached hydrogens (tertiary/aromatic N) is 2. The first kappa shape index (κ1) is 12.6. The van der Waals surface area contributed by atoms with E-state index in [9.17, 15) is 5.11 Å². The van der Waals surface area contributed by atoms with Crippen LogP contribution in [0.25, 0.3) is 0 Å². The predicted molar refractivity (Wildman–Crippen MR) is 64.7 cm³/mol. The number of aromatic nitrogens is 2. The zero-order chi connectivity index (χ0) is 12.3. The van der Waals surface area contributed by atoms with Crippen LogP contribution in [0.4, 0.5) is 0 Å². The highest BCUT2D eigenvalue weighted by molar-refractivity contribution is 4.98. The highest BCUT2D eigenvalue weighted by atomic mass is 16.5. The van der Waals surface area contributed by atoms with Crippen molar-refractivity contribution in [1.29, 1.82) is 0 Å². The third kappa shape index (κ3) is 3.28. The van der Waals surface area contributed by atoms with Gasteiger partial charge in [-0.25, -0.2) is 0 Å². The van der Waals surface area contributed by atoms with Crippen LogP contribution in [-0.2, 0) is 6.42 Å². The molecule has 96 valence electrons. The Morgan fingerprint density at radius 2 is 2.06 bits per heavy atom. The van der Waals surface area contributed by atoms with E-state index in [0.717, 1.165) is 31.0 Å². The topological polar surface area (TPSA) is 59.2 Å². The summed E-state index contributed by atoms with van der Waals surface area (Å²) >= 11 is 0. The second-order valence-corrected chi connectivity index (χ2v) is 5.27. The Bertz CT molecular complexity index is 343. The summed E-state index contributed by atoms with van der Waals surface area (Å²) in [5.41, 5.74) is 0. The van der Waals surface area contributed by atoms with Gasteiger partial charge in [0.15, 0.2) is 5.82 Å². The molecule has 1 fully saturated rings. The average molecular weight is 238 g/mol. The molecule has 17 heavy (non-hydrogen) atoms. The molecule has 1 aromatic heterocycles. The molecule has 1 atom stereocenters. The molecule has 1 unspecified atom stereocenters. The van der Waals surface area contributed by atoms with Crippen molar-refractivity contribution in [2.45, 2.75) is 64.4 Å². The van der Waals surface area contributed by atoms with Gasteiger partial charge in [-0.05, 0) is 25.2 Å². The van der Waals surface area contributed by atoms with Gasteiger partial charge in [-0.1, -0.05) is 31.8 Å². The quantitative estimate of drug-likeness (QED) is 0.876. The predicted octanol–water partition coefficient (Wildman–Crippen LogP) is 2.68. The maximum Gasteiger partial charge on any atom is 0.229 e. The van der Waals surface area contributed by atoms with E-state index in [-0.39, 0.29) is 6.10 Å². The molecule has 1 aromatic rings. The van der Waals surface area contributed by atoms with Gasteiger partial charge < -0.3 is 9.63 Å². The van der Waals surface area contributed by atoms with E-state index >= 15 is 0 Å². The van der Waals surface area contributed by atoms with Crippen LogP contribution in [0.15, 0.2) is 4.52 Å². The number of rotatable bonds is 4. The number of aliphatic hydroxyl groups is 1. The summed E-state index contributed by atoms with van der Waals surface area (Å²) in [7, 11) is 0. The van der Waals surface area contributed by atoms with Crippen molar-refractivity contribution >= 4 is 0 Å². The lowest BCUT2D eigenvalue weighted by Gasteiger charge is -2.23. The molecule has 1 aliphatic carbocycles. The van der Waals surface area contributed by atoms with Gasteiger partial charge in [0.1, 0.15) is 0 Å². The molecule has 4 heteroatoms. The Kier molecular flexibility index (Phi) is 4.15. The molecule has 0 spiro atoms. The highest BCUT2D eigenvalue weighted by Crippen LogP contribution is 2.34. The molecule has 0 amide bonds. The largest absolute Gasteiger partial charge is 0.393 e. The summed E-state index contributed by atoms with van der Waals surface area (Å²) in [4.78, 5) is 4.41. The van der Waals surface area contributed by atoms with E-state index in [1.807, 2.05) is 6.92 Å². The van der Waals surface area contributed by atoms with Crippen LogP contribution in [0.5, 0.6) is 0 Å². The highest BCUT2D eigenvalue weighted by Gasteiger charge is 2.24. The Hall–Kier alpha value is -0.900. The Balaban J connectivity index is 1.93. The van der Waals surface area contributed by atoms with E-state index < -0.39 is 0 Å². The lowest BCUT2D eigenvalue weighted by Crippen LogP contribution is -2.12. The Morgan fingerprint density at radius 3 is 2.71 bits per heavy atom. The van der Waals surface area contributed by atoms with Gasteiger partial charge in [-0.15, -0.1) is 0 Å². The molecule has 1 N–H and O–H groups in total. The number of hydrogen-bond acceptors (Lipinski definition) is 4. The monoisotopic (exact) mass is 238 g/mol. The van der Waals surface area contributed by atoms with Crippen molar-refractivity contribution in [3.63, 3.8) is 0 Å². The smallest absolute Gasteiger partial charge is 0.229 e. The van der Waals surface area contributed by atoms with Gasteiger partial charge in [0, 0.05) is 5.92 Å². The number of hydrogen-bond donors (Lipinski definition) is 1. The van der Waals surface area contributed by atoms with E-state index in [2.05, 4.69) is 17.1 Å². The van der Waals surface area contributed by atoms with Crippen LogP contribution in [0.2, 0.25) is 0 Å². The van der Waals surface area contributed by atoms with Crippen LogP contribution < -0.4 is 0 Å². The summed E-state index contributed by atoms with van der Waals surface area (Å²) in [6, 6.07) is 0. The fourth-order valence-electron chi connectivity index (χ4n) is 2.38. The summed E-state index contributed by atoms with van der Waals surface area (Å²) in [5, 5.41) is 13.6. The average Bonchev–Trinajstić information content (AvgIpc) is 2.78. The molecule has 0 aromatic carbocycles. The lowest BCUT2D eigenvalue weighted by molar-refractivity contribution is 0.158. The second kappa shape index (κ2) is 5.63. The Labute approximate surface area is 102 Å². The molecule has 0 saturated heterocycles. The van der Waals surface area contributed by atoms with Crippen molar-refractivity contribution in [2.24, 2.45) is 5.92 Å². The first-order chi connectivity index (χ1) is 8.19. The van der Waals surface area contributed by atoms with Crippen LogP contribution in [0, 0.1) is 5.92 Å². The fraction of sp³-hybridized carbons (Fsp3) is 0.846. The van der Waals surface area contributed by atoms with Crippen molar-refractivity contribution in [1.82, 2.24) is 10.1 Å². The van der Waals surface area contributed by atoms with Gasteiger partial charge in [-0.2, -0.15) is 4.98 Å². The zero-order valence-corrected chi connectivity index (χ0v) is 10.7. The standard InChI is InChI=1S/C13H22N2O2/c1-3-11(16)8-12-14-13(15-17-12)10-6-4-9(2)5-7-10/h9-11,16H,3-8H2,1-2H3. The van der Waals surface area contributed by atoms with Gasteiger partial charge in [0.25, 0.3) is 0 Å². The first-order valence-electron chi connectivity index (χ1n) is 6.69. The van der Waals surface area contributed by atoms with E-state index in [1.165, 1.54) is 12.8 Å². The van der Waals surface area contributed by atoms with Crippen molar-refractivity contribution in [2.75, 3.05) is 0 Å². The van der Waals surface area contributed by atoms with E-state index in [4.69, 9.17) is 4.52 Å². The molecule has 1 saturated carbocycles. The summed E-state index contributed by atoms with van der Waals surface area (Å²) in [5.74, 6) is 2.71. The molecule has 2 rings (SSSR count). The molecule has 0 bridgehead atoms. The summed E-state index contributed by atoms with van der Waals surface area (Å²) < 4.78 is 5.20. The van der Waals surface area contributed by atoms with Crippen molar-refractivity contribution in [3.05, 3.63) is 11.7 Å². The van der Waals surface area contributed by atoms with Crippen molar-refractivity contribution in [3.8, 4) is 0 Å². The van der Waals surface area contributed by atoms with Crippen LogP contribution in [-0.4, -0.2) is 21.4 Å². The Morgan fingerprint density at radius 1 is 1.35 bits per heavy atom. The third-order valence-electron chi connectivity index (χ3n) is 3.75. The molecular formula is C13H22N2O2. The normalized spacial score (nSPS) is 27.0. The van der Waals surface area contributed by atoms with Gasteiger partial charge in [0.05, 0.1) is 12.5 Å². The fourth-order valence-corrected chi connectivity index (χ4v) is 2.38. The second-order valence-electron chi connectivity index (χ2n) is 5.27. The molecule has 0 radical (unpaired) electrons. The first-order valence-corrected chi connectivity index (χ1v) is 6.69. The maximum atomic E-state index is 9.54. The zero-order valence-electron chi connectivity index (χ0n) is 10.7. The minimum Gasteiger partial charge on any atom is -0.393 e. The van der Waals surface area contributed by atoms with Gasteiger partial charge in [0.2, 0.25) is 5.89 Å². The van der Waals surface area contributed by atoms with E-state index in [1.54, 1.807) is 0 Å². The van der Waals surface area contributed by atoms with Crippen LogP contribution in [0.3, 0.4) is 0 Å². The van der Waals surface area contributed by atoms with Crippen LogP contribution in [0.1, 0.15) is 63.6 Å². The molecule has 1 heterocycles. The minimum atomic E-state index is -0.366. The summed E-state index contributed by atoms with van der Waals surface area (Å²) in [6.07, 6.45) is 5.67. The molecule has 4 nitrogen and oxygen atoms in total. The SMILES string of the molecule is CCC(O)Cc1nc(C2CCC(C)CC2)no1. The lowest BCUT2D eigenvalue weighted by atomic mass is 9.83. The minimum absolute atomic E-state index is 0.366. The number of aliphatic hydroxyl groups excluding tert-OH is 1. The van der Waals surface area contributed by atoms with Crippen molar-refractivity contribution < 1.29 is 9.63 Å². The van der Waals surface area contributed by atoms with Gasteiger partial charge >= 0.3 is 0 Å². The van der Waals surface area contributed by atoms with Crippen LogP contribution >= 0.6 is 0 Å². The van der Waals surface area contributed by atoms with E-state index in [0.29, 0.717) is 18.2 Å². The third-order valence-corrected chi connectivity index (χ3v) is 3.75. The summed E-state index contributed by atoms with van der Waals surface area (Å²) in [6.45, 7) is 4.25. The van der Waals surface area contributed by atoms with Gasteiger partial charge in [-0.3, -0.25) is 0 Å². The molecular weight excluding hydrogens is 216 g/mol.